The summed E-state index contributed by atoms with van der Waals surface area (Å²) >= 11 is 4.34. The highest BCUT2D eigenvalue weighted by molar-refractivity contribution is 7.80. The Morgan fingerprint density at radius 1 is 1.27 bits per heavy atom. The predicted molar refractivity (Wildman–Crippen MR) is 62.0 cm³/mol. The molecule has 0 saturated heterocycles. The average molecular weight is 224 g/mol. The minimum absolute atomic E-state index is 0.273. The van der Waals surface area contributed by atoms with Gasteiger partial charge in [0.2, 0.25) is 0 Å². The summed E-state index contributed by atoms with van der Waals surface area (Å²) < 4.78 is 10.5. The Balaban J connectivity index is 2.67. The molecule has 0 amide bonds. The van der Waals surface area contributed by atoms with Crippen LogP contribution in [-0.4, -0.2) is 20.1 Å². The van der Waals surface area contributed by atoms with E-state index in [1.54, 1.807) is 14.2 Å². The Morgan fingerprint density at radius 2 is 1.87 bits per heavy atom. The lowest BCUT2D eigenvalue weighted by Crippen LogP contribution is -2.12. The Hall–Kier alpha value is -1.36. The van der Waals surface area contributed by atoms with Crippen LogP contribution in [0.4, 0.5) is 0 Å². The van der Waals surface area contributed by atoms with E-state index < -0.39 is 0 Å². The number of thiol groups is 1. The normalized spacial score (nSPS) is 18.3. The highest BCUT2D eigenvalue weighted by atomic mass is 32.1. The number of amidine groups is 1. The molecule has 0 spiro atoms. The largest absolute Gasteiger partial charge is 0.496 e. The van der Waals surface area contributed by atoms with Crippen molar-refractivity contribution >= 4 is 18.5 Å². The summed E-state index contributed by atoms with van der Waals surface area (Å²) in [4.78, 5) is 4.17. The lowest BCUT2D eigenvalue weighted by Gasteiger charge is -2.12. The summed E-state index contributed by atoms with van der Waals surface area (Å²) in [6.45, 7) is 0. The van der Waals surface area contributed by atoms with E-state index in [1.807, 2.05) is 12.1 Å². The fraction of sp³-hybridized carbons (Fsp3) is 0.300. The number of hydrogen-bond donors (Lipinski definition) is 2. The molecule has 0 saturated carbocycles. The van der Waals surface area contributed by atoms with Crippen molar-refractivity contribution in [2.75, 3.05) is 14.2 Å². The summed E-state index contributed by atoms with van der Waals surface area (Å²) in [5, 5.41) is -0.273. The lowest BCUT2D eigenvalue weighted by atomic mass is 10.1. The Labute approximate surface area is 93.5 Å². The molecule has 1 heterocycles. The monoisotopic (exact) mass is 224 g/mol. The Morgan fingerprint density at radius 3 is 2.47 bits per heavy atom. The first-order valence-electron chi connectivity index (χ1n) is 4.45. The minimum atomic E-state index is -0.273. The number of benzene rings is 1. The third kappa shape index (κ3) is 1.43. The molecule has 0 bridgehead atoms. The number of methoxy groups -OCH3 is 2. The van der Waals surface area contributed by atoms with Crippen molar-refractivity contribution in [3.05, 3.63) is 23.3 Å². The van der Waals surface area contributed by atoms with Gasteiger partial charge in [-0.25, -0.2) is 4.99 Å². The van der Waals surface area contributed by atoms with Gasteiger partial charge in [0.25, 0.3) is 0 Å². The molecule has 1 aromatic carbocycles. The van der Waals surface area contributed by atoms with Gasteiger partial charge in [-0.3, -0.25) is 0 Å². The SMILES string of the molecule is COc1ccc(OC)c2c1C(N)=NC2S. The predicted octanol–water partition coefficient (Wildman–Crippen LogP) is 1.35. The van der Waals surface area contributed by atoms with Crippen molar-refractivity contribution < 1.29 is 9.47 Å². The van der Waals surface area contributed by atoms with Gasteiger partial charge in [-0.05, 0) is 12.1 Å². The van der Waals surface area contributed by atoms with Crippen molar-refractivity contribution in [3.63, 3.8) is 0 Å². The van der Waals surface area contributed by atoms with E-state index >= 15 is 0 Å². The fourth-order valence-electron chi connectivity index (χ4n) is 1.71. The molecule has 1 aliphatic heterocycles. The summed E-state index contributed by atoms with van der Waals surface area (Å²) in [7, 11) is 3.21. The molecule has 2 N–H and O–H groups in total. The second kappa shape index (κ2) is 3.66. The van der Waals surface area contributed by atoms with Gasteiger partial charge < -0.3 is 15.2 Å². The van der Waals surface area contributed by atoms with E-state index in [0.29, 0.717) is 11.6 Å². The van der Waals surface area contributed by atoms with Gasteiger partial charge in [0.1, 0.15) is 22.7 Å². The number of aliphatic imine (C=N–C) groups is 1. The quantitative estimate of drug-likeness (QED) is 0.746. The molecule has 0 aromatic heterocycles. The standard InChI is InChI=1S/C10H12N2O2S/c1-13-5-3-4-6(14-2)8-7(5)9(11)12-10(8)15/h3-4,10,15H,1-2H3,(H2,11,12). The van der Waals surface area contributed by atoms with Crippen LogP contribution in [0.1, 0.15) is 16.5 Å². The number of ether oxygens (including phenoxy) is 2. The van der Waals surface area contributed by atoms with Gasteiger partial charge in [0.05, 0.1) is 19.8 Å². The molecule has 4 nitrogen and oxygen atoms in total. The molecule has 1 unspecified atom stereocenters. The van der Waals surface area contributed by atoms with E-state index in [1.165, 1.54) is 0 Å². The van der Waals surface area contributed by atoms with Gasteiger partial charge in [0, 0.05) is 5.56 Å². The molecule has 1 aliphatic rings. The van der Waals surface area contributed by atoms with Gasteiger partial charge in [-0.2, -0.15) is 0 Å². The minimum Gasteiger partial charge on any atom is -0.496 e. The highest BCUT2D eigenvalue weighted by Crippen LogP contribution is 2.42. The maximum absolute atomic E-state index is 5.80. The zero-order valence-electron chi connectivity index (χ0n) is 8.52. The van der Waals surface area contributed by atoms with Crippen molar-refractivity contribution in [3.8, 4) is 11.5 Å². The summed E-state index contributed by atoms with van der Waals surface area (Å²) in [6, 6.07) is 3.64. The van der Waals surface area contributed by atoms with Crippen LogP contribution in [0.25, 0.3) is 0 Å². The number of nitrogens with two attached hydrogens (primary N) is 1. The topological polar surface area (TPSA) is 56.8 Å². The van der Waals surface area contributed by atoms with Crippen LogP contribution in [0.2, 0.25) is 0 Å². The van der Waals surface area contributed by atoms with Crippen molar-refractivity contribution in [1.82, 2.24) is 0 Å². The molecule has 2 rings (SSSR count). The first kappa shape index (κ1) is 10.2. The first-order valence-corrected chi connectivity index (χ1v) is 4.97. The van der Waals surface area contributed by atoms with Crippen LogP contribution in [0.15, 0.2) is 17.1 Å². The van der Waals surface area contributed by atoms with Crippen molar-refractivity contribution in [2.24, 2.45) is 10.7 Å². The molecule has 5 heteroatoms. The van der Waals surface area contributed by atoms with Crippen LogP contribution < -0.4 is 15.2 Å². The van der Waals surface area contributed by atoms with Crippen LogP contribution in [0.5, 0.6) is 11.5 Å². The first-order chi connectivity index (χ1) is 7.19. The number of rotatable bonds is 2. The van der Waals surface area contributed by atoms with E-state index in [9.17, 15) is 0 Å². The second-order valence-electron chi connectivity index (χ2n) is 3.15. The molecular formula is C10H12N2O2S. The molecule has 0 aliphatic carbocycles. The Kier molecular flexibility index (Phi) is 2.48. The zero-order chi connectivity index (χ0) is 11.0. The van der Waals surface area contributed by atoms with Gasteiger partial charge in [-0.1, -0.05) is 0 Å². The van der Waals surface area contributed by atoms with Crippen LogP contribution >= 0.6 is 12.6 Å². The molecule has 1 atom stereocenters. The van der Waals surface area contributed by atoms with E-state index in [0.717, 1.165) is 16.9 Å². The number of hydrogen-bond acceptors (Lipinski definition) is 5. The molecule has 80 valence electrons. The van der Waals surface area contributed by atoms with Gasteiger partial charge >= 0.3 is 0 Å². The van der Waals surface area contributed by atoms with E-state index in [-0.39, 0.29) is 5.37 Å². The maximum atomic E-state index is 5.80. The third-order valence-electron chi connectivity index (χ3n) is 2.38. The third-order valence-corrected chi connectivity index (χ3v) is 2.76. The van der Waals surface area contributed by atoms with Crippen LogP contribution in [0.3, 0.4) is 0 Å². The number of nitrogens with zero attached hydrogens (tertiary/aromatic N) is 1. The molecule has 0 radical (unpaired) electrons. The summed E-state index contributed by atoms with van der Waals surface area (Å²) in [6.07, 6.45) is 0. The maximum Gasteiger partial charge on any atom is 0.131 e. The van der Waals surface area contributed by atoms with E-state index in [2.05, 4.69) is 17.6 Å². The zero-order valence-corrected chi connectivity index (χ0v) is 9.41. The molecule has 15 heavy (non-hydrogen) atoms. The highest BCUT2D eigenvalue weighted by Gasteiger charge is 2.28. The molecule has 1 aromatic rings. The van der Waals surface area contributed by atoms with Gasteiger partial charge in [0.15, 0.2) is 0 Å². The molecular weight excluding hydrogens is 212 g/mol. The number of fused-ring (bicyclic) bond motifs is 1. The van der Waals surface area contributed by atoms with E-state index in [4.69, 9.17) is 15.2 Å². The summed E-state index contributed by atoms with van der Waals surface area (Å²) in [5.74, 6) is 1.87. The van der Waals surface area contributed by atoms with Crippen LogP contribution in [-0.2, 0) is 0 Å². The summed E-state index contributed by atoms with van der Waals surface area (Å²) in [5.41, 5.74) is 7.46. The van der Waals surface area contributed by atoms with Gasteiger partial charge in [-0.15, -0.1) is 12.6 Å². The van der Waals surface area contributed by atoms with Crippen molar-refractivity contribution in [1.29, 1.82) is 0 Å². The fourth-order valence-corrected chi connectivity index (χ4v) is 2.09. The Bertz CT molecular complexity index is 432. The smallest absolute Gasteiger partial charge is 0.131 e. The average Bonchev–Trinajstić information content (AvgIpc) is 2.54. The van der Waals surface area contributed by atoms with Crippen molar-refractivity contribution in [2.45, 2.75) is 5.37 Å². The second-order valence-corrected chi connectivity index (χ2v) is 3.64. The molecule has 0 fully saturated rings. The lowest BCUT2D eigenvalue weighted by molar-refractivity contribution is 0.399. The van der Waals surface area contributed by atoms with Crippen LogP contribution in [0, 0.1) is 0 Å².